The highest BCUT2D eigenvalue weighted by atomic mass is 32.1. The number of aromatic nitrogens is 1. The van der Waals surface area contributed by atoms with E-state index < -0.39 is 0 Å². The van der Waals surface area contributed by atoms with Gasteiger partial charge in [0.1, 0.15) is 0 Å². The van der Waals surface area contributed by atoms with Crippen LogP contribution in [-0.4, -0.2) is 53.6 Å². The number of anilines is 1. The minimum absolute atomic E-state index is 0.0844. The van der Waals surface area contributed by atoms with Gasteiger partial charge in [0.25, 0.3) is 0 Å². The maximum absolute atomic E-state index is 12.5. The Hall–Kier alpha value is -1.14. The summed E-state index contributed by atoms with van der Waals surface area (Å²) < 4.78 is 0. The van der Waals surface area contributed by atoms with Gasteiger partial charge in [0, 0.05) is 37.1 Å². The summed E-state index contributed by atoms with van der Waals surface area (Å²) in [7, 11) is 0. The average Bonchev–Trinajstić information content (AvgIpc) is 2.79. The predicted octanol–water partition coefficient (Wildman–Crippen LogP) is 2.66. The number of amides is 1. The molecule has 1 aromatic rings. The number of carbonyl (C=O) groups excluding carboxylic acids is 1. The van der Waals surface area contributed by atoms with E-state index in [1.807, 2.05) is 13.8 Å². The van der Waals surface area contributed by atoms with Crippen LogP contribution in [-0.2, 0) is 4.79 Å². The molecule has 0 saturated carbocycles. The summed E-state index contributed by atoms with van der Waals surface area (Å²) in [4.78, 5) is 21.7. The third-order valence-electron chi connectivity index (χ3n) is 4.68. The molecule has 0 aliphatic carbocycles. The van der Waals surface area contributed by atoms with E-state index in [0.717, 1.165) is 49.8 Å². The van der Waals surface area contributed by atoms with Crippen LogP contribution in [0.5, 0.6) is 0 Å². The molecule has 6 heteroatoms. The van der Waals surface area contributed by atoms with Crippen LogP contribution in [0.15, 0.2) is 5.38 Å². The monoisotopic (exact) mass is 338 g/mol. The van der Waals surface area contributed by atoms with Crippen LogP contribution in [0.1, 0.15) is 46.2 Å². The Morgan fingerprint density at radius 2 is 2.13 bits per heavy atom. The van der Waals surface area contributed by atoms with Crippen molar-refractivity contribution in [2.45, 2.75) is 59.0 Å². The summed E-state index contributed by atoms with van der Waals surface area (Å²) in [5.41, 5.74) is 0.947. The molecule has 23 heavy (non-hydrogen) atoms. The molecule has 0 unspecified atom stereocenters. The molecule has 2 rings (SSSR count). The van der Waals surface area contributed by atoms with Gasteiger partial charge >= 0.3 is 0 Å². The summed E-state index contributed by atoms with van der Waals surface area (Å²) in [6, 6.07) is -0.0844. The molecular weight excluding hydrogens is 308 g/mol. The molecule has 2 heterocycles. The smallest absolute Gasteiger partial charge is 0.237 e. The van der Waals surface area contributed by atoms with Crippen molar-refractivity contribution in [1.82, 2.24) is 15.2 Å². The fraction of sp³-hybridized carbons (Fsp3) is 0.765. The third-order valence-corrected chi connectivity index (χ3v) is 5.70. The lowest BCUT2D eigenvalue weighted by molar-refractivity contribution is -0.127. The van der Waals surface area contributed by atoms with Crippen molar-refractivity contribution >= 4 is 22.4 Å². The summed E-state index contributed by atoms with van der Waals surface area (Å²) in [6.45, 7) is 14.1. The summed E-state index contributed by atoms with van der Waals surface area (Å²) in [6.07, 6.45) is 2.00. The van der Waals surface area contributed by atoms with E-state index >= 15 is 0 Å². The Morgan fingerprint density at radius 1 is 1.39 bits per heavy atom. The van der Waals surface area contributed by atoms with Crippen LogP contribution >= 0.6 is 11.3 Å². The molecule has 1 aliphatic rings. The van der Waals surface area contributed by atoms with Crippen LogP contribution in [0.25, 0.3) is 0 Å². The van der Waals surface area contributed by atoms with E-state index in [-0.39, 0.29) is 17.5 Å². The van der Waals surface area contributed by atoms with Gasteiger partial charge in [-0.05, 0) is 40.5 Å². The third kappa shape index (κ3) is 4.91. The summed E-state index contributed by atoms with van der Waals surface area (Å²) in [5, 5.41) is 6.37. The van der Waals surface area contributed by atoms with Gasteiger partial charge in [-0.15, -0.1) is 11.3 Å². The lowest BCUT2D eigenvalue weighted by atomic mass is 10.0. The second-order valence-corrected chi connectivity index (χ2v) is 7.89. The Labute approximate surface area is 144 Å². The first-order valence-electron chi connectivity index (χ1n) is 8.55. The minimum Gasteiger partial charge on any atom is -0.350 e. The zero-order valence-electron chi connectivity index (χ0n) is 15.1. The van der Waals surface area contributed by atoms with Gasteiger partial charge in [0.2, 0.25) is 5.91 Å². The van der Waals surface area contributed by atoms with E-state index in [2.05, 4.69) is 46.3 Å². The molecule has 1 N–H and O–H groups in total. The molecule has 0 aromatic carbocycles. The largest absolute Gasteiger partial charge is 0.350 e. The van der Waals surface area contributed by atoms with E-state index in [4.69, 9.17) is 0 Å². The number of carbonyl (C=O) groups is 1. The lowest BCUT2D eigenvalue weighted by Gasteiger charge is -2.31. The van der Waals surface area contributed by atoms with E-state index in [1.54, 1.807) is 11.3 Å². The Bertz CT molecular complexity index is 528. The SMILES string of the molecule is CCC(C)(C)NC(=O)[C@@H](C)N1CCCN(c2nc(C)cs2)CC1. The van der Waals surface area contributed by atoms with Gasteiger partial charge in [-0.2, -0.15) is 0 Å². The maximum Gasteiger partial charge on any atom is 0.237 e. The van der Waals surface area contributed by atoms with Crippen molar-refractivity contribution in [1.29, 1.82) is 0 Å². The fourth-order valence-corrected chi connectivity index (χ4v) is 3.55. The number of hydrogen-bond acceptors (Lipinski definition) is 5. The van der Waals surface area contributed by atoms with Crippen molar-refractivity contribution < 1.29 is 4.79 Å². The first kappa shape index (κ1) is 18.2. The number of aryl methyl sites for hydroxylation is 1. The van der Waals surface area contributed by atoms with Gasteiger partial charge in [-0.3, -0.25) is 9.69 Å². The molecule has 130 valence electrons. The molecule has 0 bridgehead atoms. The molecule has 1 atom stereocenters. The highest BCUT2D eigenvalue weighted by molar-refractivity contribution is 7.13. The van der Waals surface area contributed by atoms with Crippen molar-refractivity contribution in [2.24, 2.45) is 0 Å². The second-order valence-electron chi connectivity index (χ2n) is 7.05. The fourth-order valence-electron chi connectivity index (χ4n) is 2.69. The minimum atomic E-state index is -0.137. The van der Waals surface area contributed by atoms with E-state index in [9.17, 15) is 4.79 Å². The van der Waals surface area contributed by atoms with E-state index in [0.29, 0.717) is 0 Å². The molecule has 1 aromatic heterocycles. The first-order valence-corrected chi connectivity index (χ1v) is 9.43. The van der Waals surface area contributed by atoms with Crippen molar-refractivity contribution in [3.63, 3.8) is 0 Å². The van der Waals surface area contributed by atoms with Crippen LogP contribution in [0.2, 0.25) is 0 Å². The average molecular weight is 339 g/mol. The molecule has 1 saturated heterocycles. The van der Waals surface area contributed by atoms with Crippen molar-refractivity contribution in [3.05, 3.63) is 11.1 Å². The molecule has 5 nitrogen and oxygen atoms in total. The van der Waals surface area contributed by atoms with Crippen LogP contribution in [0.3, 0.4) is 0 Å². The van der Waals surface area contributed by atoms with Crippen molar-refractivity contribution in [3.8, 4) is 0 Å². The van der Waals surface area contributed by atoms with Gasteiger partial charge in [-0.1, -0.05) is 6.92 Å². The predicted molar refractivity (Wildman–Crippen MR) is 97.2 cm³/mol. The molecule has 1 amide bonds. The Morgan fingerprint density at radius 3 is 2.74 bits per heavy atom. The number of rotatable bonds is 5. The van der Waals surface area contributed by atoms with Gasteiger partial charge in [0.05, 0.1) is 11.7 Å². The molecular formula is C17H30N4OS. The highest BCUT2D eigenvalue weighted by Gasteiger charge is 2.27. The summed E-state index contributed by atoms with van der Waals surface area (Å²) >= 11 is 1.71. The van der Waals surface area contributed by atoms with Gasteiger partial charge in [-0.25, -0.2) is 4.98 Å². The topological polar surface area (TPSA) is 48.5 Å². The normalized spacial score (nSPS) is 18.6. The van der Waals surface area contributed by atoms with Crippen LogP contribution in [0, 0.1) is 6.92 Å². The second kappa shape index (κ2) is 7.62. The number of hydrogen-bond donors (Lipinski definition) is 1. The van der Waals surface area contributed by atoms with Crippen LogP contribution in [0.4, 0.5) is 5.13 Å². The Balaban J connectivity index is 1.93. The van der Waals surface area contributed by atoms with Crippen LogP contribution < -0.4 is 10.2 Å². The Kier molecular flexibility index (Phi) is 6.03. The first-order chi connectivity index (χ1) is 10.8. The summed E-state index contributed by atoms with van der Waals surface area (Å²) in [5.74, 6) is 0.135. The zero-order valence-corrected chi connectivity index (χ0v) is 15.9. The van der Waals surface area contributed by atoms with Crippen molar-refractivity contribution in [2.75, 3.05) is 31.1 Å². The highest BCUT2D eigenvalue weighted by Crippen LogP contribution is 2.22. The molecule has 0 spiro atoms. The number of nitrogens with zero attached hydrogens (tertiary/aromatic N) is 3. The van der Waals surface area contributed by atoms with Gasteiger partial charge in [0.15, 0.2) is 5.13 Å². The molecule has 1 fully saturated rings. The van der Waals surface area contributed by atoms with E-state index in [1.165, 1.54) is 0 Å². The zero-order chi connectivity index (χ0) is 17.0. The number of thiazole rings is 1. The maximum atomic E-state index is 12.5. The molecule has 1 aliphatic heterocycles. The quantitative estimate of drug-likeness (QED) is 0.897. The number of nitrogens with one attached hydrogen (secondary N) is 1. The standard InChI is InChI=1S/C17H30N4OS/c1-6-17(4,5)19-15(22)14(3)20-8-7-9-21(11-10-20)16-18-13(2)12-23-16/h12,14H,6-11H2,1-5H3,(H,19,22)/t14-/m1/s1. The van der Waals surface area contributed by atoms with Gasteiger partial charge < -0.3 is 10.2 Å². The molecule has 0 radical (unpaired) electrons. The lowest BCUT2D eigenvalue weighted by Crippen LogP contribution is -2.52.